The highest BCUT2D eigenvalue weighted by Crippen LogP contribution is 2.24. The molecule has 0 bridgehead atoms. The quantitative estimate of drug-likeness (QED) is 0.635. The summed E-state index contributed by atoms with van der Waals surface area (Å²) in [6.07, 6.45) is 3.75. The Hall–Kier alpha value is -0.670. The van der Waals surface area contributed by atoms with Crippen LogP contribution in [-0.4, -0.2) is 5.11 Å². The van der Waals surface area contributed by atoms with Gasteiger partial charge in [-0.05, 0) is 52.9 Å². The number of hydrogen-bond acceptors (Lipinski definition) is 1. The largest absolute Gasteiger partial charge is 0.388 e. The molecule has 3 heteroatoms. The van der Waals surface area contributed by atoms with Gasteiger partial charge >= 0.3 is 0 Å². The van der Waals surface area contributed by atoms with Crippen LogP contribution < -0.4 is 0 Å². The Morgan fingerprint density at radius 1 is 1.53 bits per heavy atom. The van der Waals surface area contributed by atoms with E-state index in [1.807, 2.05) is 6.08 Å². The first-order valence-electron chi connectivity index (χ1n) is 4.89. The summed E-state index contributed by atoms with van der Waals surface area (Å²) >= 11 is 3.09. The van der Waals surface area contributed by atoms with E-state index in [0.717, 1.165) is 18.4 Å². The lowest BCUT2D eigenvalue weighted by Gasteiger charge is -2.10. The van der Waals surface area contributed by atoms with Crippen molar-refractivity contribution in [3.8, 4) is 0 Å². The smallest absolute Gasteiger partial charge is 0.137 e. The van der Waals surface area contributed by atoms with Crippen LogP contribution in [0.15, 0.2) is 35.3 Å². The third-order valence-corrected chi connectivity index (χ3v) is 2.82. The standard InChI is InChI=1S/C12H14BrFO/c1-2-3-4-5-12(15)9-6-7-11(14)10(13)8-9/h2,6-8,12,15H,1,3-5H2. The lowest BCUT2D eigenvalue weighted by molar-refractivity contribution is 0.165. The lowest BCUT2D eigenvalue weighted by atomic mass is 10.0. The summed E-state index contributed by atoms with van der Waals surface area (Å²) in [5.74, 6) is -0.308. The molecule has 1 aromatic carbocycles. The van der Waals surface area contributed by atoms with Crippen LogP contribution in [0.5, 0.6) is 0 Å². The highest BCUT2D eigenvalue weighted by atomic mass is 79.9. The van der Waals surface area contributed by atoms with Crippen molar-refractivity contribution in [2.75, 3.05) is 0 Å². The Balaban J connectivity index is 2.61. The van der Waals surface area contributed by atoms with Crippen molar-refractivity contribution in [1.29, 1.82) is 0 Å². The van der Waals surface area contributed by atoms with E-state index in [0.29, 0.717) is 10.9 Å². The van der Waals surface area contributed by atoms with Gasteiger partial charge in [-0.2, -0.15) is 0 Å². The minimum absolute atomic E-state index is 0.308. The van der Waals surface area contributed by atoms with Crippen molar-refractivity contribution < 1.29 is 9.50 Å². The molecule has 1 N–H and O–H groups in total. The Bertz CT molecular complexity index is 338. The van der Waals surface area contributed by atoms with Gasteiger partial charge in [0.25, 0.3) is 0 Å². The van der Waals surface area contributed by atoms with Gasteiger partial charge in [-0.15, -0.1) is 6.58 Å². The molecule has 0 heterocycles. The van der Waals surface area contributed by atoms with Crippen molar-refractivity contribution in [2.24, 2.45) is 0 Å². The van der Waals surface area contributed by atoms with E-state index in [9.17, 15) is 9.50 Å². The van der Waals surface area contributed by atoms with E-state index >= 15 is 0 Å². The number of benzene rings is 1. The molecule has 15 heavy (non-hydrogen) atoms. The zero-order valence-corrected chi connectivity index (χ0v) is 10.0. The minimum Gasteiger partial charge on any atom is -0.388 e. The lowest BCUT2D eigenvalue weighted by Crippen LogP contribution is -1.97. The van der Waals surface area contributed by atoms with Crippen LogP contribution in [0.4, 0.5) is 4.39 Å². The Labute approximate surface area is 97.8 Å². The first kappa shape index (κ1) is 12.4. The third-order valence-electron chi connectivity index (χ3n) is 2.21. The van der Waals surface area contributed by atoms with Gasteiger partial charge in [-0.3, -0.25) is 0 Å². The van der Waals surface area contributed by atoms with Crippen molar-refractivity contribution in [1.82, 2.24) is 0 Å². The average molecular weight is 273 g/mol. The van der Waals surface area contributed by atoms with Gasteiger partial charge in [0.05, 0.1) is 10.6 Å². The molecular formula is C12H14BrFO. The predicted octanol–water partition coefficient (Wildman–Crippen LogP) is 3.98. The normalized spacial score (nSPS) is 12.5. The van der Waals surface area contributed by atoms with E-state index in [4.69, 9.17) is 0 Å². The van der Waals surface area contributed by atoms with Crippen LogP contribution in [0.1, 0.15) is 30.9 Å². The molecule has 0 radical (unpaired) electrons. The van der Waals surface area contributed by atoms with E-state index in [-0.39, 0.29) is 5.82 Å². The Morgan fingerprint density at radius 3 is 2.87 bits per heavy atom. The molecule has 0 spiro atoms. The minimum atomic E-state index is -0.526. The maximum Gasteiger partial charge on any atom is 0.137 e. The van der Waals surface area contributed by atoms with Crippen LogP contribution in [-0.2, 0) is 0 Å². The monoisotopic (exact) mass is 272 g/mol. The Kier molecular flexibility index (Phi) is 4.99. The molecule has 1 nitrogen and oxygen atoms in total. The van der Waals surface area contributed by atoms with Gasteiger partial charge in [0.15, 0.2) is 0 Å². The SMILES string of the molecule is C=CCCCC(O)c1ccc(F)c(Br)c1. The summed E-state index contributed by atoms with van der Waals surface area (Å²) in [5.41, 5.74) is 0.743. The van der Waals surface area contributed by atoms with Gasteiger partial charge < -0.3 is 5.11 Å². The predicted molar refractivity (Wildman–Crippen MR) is 63.1 cm³/mol. The summed E-state index contributed by atoms with van der Waals surface area (Å²) in [4.78, 5) is 0. The molecule has 0 saturated heterocycles. The summed E-state index contributed by atoms with van der Waals surface area (Å²) in [7, 11) is 0. The molecule has 0 saturated carbocycles. The van der Waals surface area contributed by atoms with Crippen LogP contribution in [0.3, 0.4) is 0 Å². The van der Waals surface area contributed by atoms with E-state index < -0.39 is 6.10 Å². The fourth-order valence-corrected chi connectivity index (χ4v) is 1.74. The van der Waals surface area contributed by atoms with Crippen LogP contribution in [0.25, 0.3) is 0 Å². The zero-order chi connectivity index (χ0) is 11.3. The van der Waals surface area contributed by atoms with Crippen LogP contribution in [0, 0.1) is 5.82 Å². The van der Waals surface area contributed by atoms with Gasteiger partial charge in [-0.1, -0.05) is 12.1 Å². The fourth-order valence-electron chi connectivity index (χ4n) is 1.34. The highest BCUT2D eigenvalue weighted by Gasteiger charge is 2.08. The van der Waals surface area contributed by atoms with Gasteiger partial charge in [0.2, 0.25) is 0 Å². The third kappa shape index (κ3) is 3.76. The van der Waals surface area contributed by atoms with Crippen molar-refractivity contribution in [2.45, 2.75) is 25.4 Å². The maximum absolute atomic E-state index is 12.9. The second-order valence-corrected chi connectivity index (χ2v) is 4.26. The molecule has 1 rings (SSSR count). The zero-order valence-electron chi connectivity index (χ0n) is 8.42. The number of allylic oxidation sites excluding steroid dienone is 1. The number of halogens is 2. The maximum atomic E-state index is 12.9. The van der Waals surface area contributed by atoms with E-state index in [1.165, 1.54) is 6.07 Å². The molecule has 1 unspecified atom stereocenters. The molecular weight excluding hydrogens is 259 g/mol. The fraction of sp³-hybridized carbons (Fsp3) is 0.333. The van der Waals surface area contributed by atoms with Gasteiger partial charge in [0.1, 0.15) is 5.82 Å². The first-order chi connectivity index (χ1) is 7.15. The van der Waals surface area contributed by atoms with Crippen LogP contribution in [0.2, 0.25) is 0 Å². The summed E-state index contributed by atoms with van der Waals surface area (Å²) in [5, 5.41) is 9.78. The summed E-state index contributed by atoms with van der Waals surface area (Å²) in [6, 6.07) is 4.59. The number of unbranched alkanes of at least 4 members (excludes halogenated alkanes) is 1. The molecule has 0 fully saturated rings. The first-order valence-corrected chi connectivity index (χ1v) is 5.68. The van der Waals surface area contributed by atoms with Crippen LogP contribution >= 0.6 is 15.9 Å². The molecule has 1 atom stereocenters. The molecule has 1 aromatic rings. The molecule has 0 aliphatic carbocycles. The molecule has 0 aliphatic rings. The van der Waals surface area contributed by atoms with E-state index in [2.05, 4.69) is 22.5 Å². The highest BCUT2D eigenvalue weighted by molar-refractivity contribution is 9.10. The molecule has 0 aliphatic heterocycles. The van der Waals surface area contributed by atoms with Crippen molar-refractivity contribution in [3.05, 3.63) is 46.7 Å². The number of hydrogen-bond donors (Lipinski definition) is 1. The number of rotatable bonds is 5. The molecule has 0 aromatic heterocycles. The second-order valence-electron chi connectivity index (χ2n) is 3.41. The second kappa shape index (κ2) is 6.03. The van der Waals surface area contributed by atoms with Crippen molar-refractivity contribution >= 4 is 15.9 Å². The van der Waals surface area contributed by atoms with E-state index in [1.54, 1.807) is 12.1 Å². The molecule has 82 valence electrons. The topological polar surface area (TPSA) is 20.2 Å². The summed E-state index contributed by atoms with van der Waals surface area (Å²) in [6.45, 7) is 3.62. The number of aliphatic hydroxyl groups is 1. The average Bonchev–Trinajstić information content (AvgIpc) is 2.22. The van der Waals surface area contributed by atoms with Crippen molar-refractivity contribution in [3.63, 3.8) is 0 Å². The Morgan fingerprint density at radius 2 is 2.27 bits per heavy atom. The van der Waals surface area contributed by atoms with Gasteiger partial charge in [-0.25, -0.2) is 4.39 Å². The molecule has 0 amide bonds. The number of aliphatic hydroxyl groups excluding tert-OH is 1. The summed E-state index contributed by atoms with van der Waals surface area (Å²) < 4.78 is 13.3. The van der Waals surface area contributed by atoms with Gasteiger partial charge in [0, 0.05) is 0 Å².